The zero-order chi connectivity index (χ0) is 29.0. The number of carbonyl (C=O) groups is 3. The molecule has 6 atom stereocenters. The van der Waals surface area contributed by atoms with Crippen molar-refractivity contribution < 1.29 is 28.6 Å². The third-order valence-corrected chi connectivity index (χ3v) is 8.92. The Hall–Kier alpha value is -2.52. The maximum atomic E-state index is 13.8. The van der Waals surface area contributed by atoms with Gasteiger partial charge in [-0.3, -0.25) is 9.59 Å². The molecule has 3 saturated heterocycles. The van der Waals surface area contributed by atoms with Gasteiger partial charge in [0.1, 0.15) is 29.0 Å². The summed E-state index contributed by atoms with van der Waals surface area (Å²) in [6, 6.07) is 4.41. The number of alkyl carbamates (subject to hydrolysis) is 1. The largest absolute Gasteiger partial charge is 0.487 e. The molecule has 3 fully saturated rings. The number of hydrogen-bond acceptors (Lipinski definition) is 6. The van der Waals surface area contributed by atoms with Crippen LogP contribution in [0.1, 0.15) is 78.9 Å². The van der Waals surface area contributed by atoms with Gasteiger partial charge >= 0.3 is 6.09 Å². The Bertz CT molecular complexity index is 1170. The average Bonchev–Trinajstić information content (AvgIpc) is 3.36. The van der Waals surface area contributed by atoms with Crippen LogP contribution in [-0.2, 0) is 19.1 Å². The summed E-state index contributed by atoms with van der Waals surface area (Å²) >= 11 is 6.33. The van der Waals surface area contributed by atoms with Crippen molar-refractivity contribution in [3.8, 4) is 5.75 Å². The summed E-state index contributed by atoms with van der Waals surface area (Å²) in [6.45, 7) is 12.8. The van der Waals surface area contributed by atoms with Crippen LogP contribution in [0.3, 0.4) is 0 Å². The average molecular weight is 576 g/mol. The van der Waals surface area contributed by atoms with Crippen molar-refractivity contribution in [2.75, 3.05) is 19.6 Å². The van der Waals surface area contributed by atoms with Crippen LogP contribution >= 0.6 is 11.6 Å². The van der Waals surface area contributed by atoms with Crippen molar-refractivity contribution in [3.63, 3.8) is 0 Å². The predicted octanol–water partition coefficient (Wildman–Crippen LogP) is 4.71. The molecule has 0 spiro atoms. The van der Waals surface area contributed by atoms with Gasteiger partial charge < -0.3 is 29.3 Å². The van der Waals surface area contributed by atoms with Crippen molar-refractivity contribution in [2.45, 2.75) is 103 Å². The Kier molecular flexibility index (Phi) is 7.76. The van der Waals surface area contributed by atoms with E-state index in [0.717, 1.165) is 30.6 Å². The maximum absolute atomic E-state index is 13.8. The number of carbonyl (C=O) groups excluding carboxylic acids is 3. The van der Waals surface area contributed by atoms with Crippen LogP contribution in [0.15, 0.2) is 18.2 Å². The van der Waals surface area contributed by atoms with Gasteiger partial charge in [0.25, 0.3) is 0 Å². The van der Waals surface area contributed by atoms with E-state index in [9.17, 15) is 14.4 Å². The molecular weight excluding hydrogens is 534 g/mol. The molecule has 4 heterocycles. The van der Waals surface area contributed by atoms with Gasteiger partial charge in [-0.1, -0.05) is 11.6 Å². The minimum absolute atomic E-state index is 0.0211. The van der Waals surface area contributed by atoms with Crippen molar-refractivity contribution in [1.82, 2.24) is 15.1 Å². The molecule has 220 valence electrons. The highest BCUT2D eigenvalue weighted by Crippen LogP contribution is 2.53. The Balaban J connectivity index is 1.24. The molecule has 0 aromatic heterocycles. The van der Waals surface area contributed by atoms with Gasteiger partial charge in [-0.05, 0) is 85.4 Å². The fourth-order valence-corrected chi connectivity index (χ4v) is 6.95. The predicted molar refractivity (Wildman–Crippen MR) is 150 cm³/mol. The fourth-order valence-electron chi connectivity index (χ4n) is 6.77. The quantitative estimate of drug-likeness (QED) is 0.561. The number of benzene rings is 1. The molecule has 3 amide bonds. The molecule has 0 radical (unpaired) electrons. The topological polar surface area (TPSA) is 97.4 Å². The summed E-state index contributed by atoms with van der Waals surface area (Å²) < 4.78 is 18.4. The van der Waals surface area contributed by atoms with Gasteiger partial charge in [-0.15, -0.1) is 0 Å². The Labute approximate surface area is 241 Å². The number of hydrogen-bond donors (Lipinski definition) is 1. The lowest BCUT2D eigenvalue weighted by Gasteiger charge is -2.53. The van der Waals surface area contributed by atoms with Crippen LogP contribution in [0, 0.1) is 11.8 Å². The highest BCUT2D eigenvalue weighted by molar-refractivity contribution is 6.30. The van der Waals surface area contributed by atoms with Crippen LogP contribution < -0.4 is 10.1 Å². The molecule has 1 aromatic rings. The molecule has 5 rings (SSSR count). The molecule has 0 bridgehead atoms. The van der Waals surface area contributed by atoms with Crippen LogP contribution in [-0.4, -0.2) is 76.7 Å². The normalized spacial score (nSPS) is 29.8. The minimum Gasteiger partial charge on any atom is -0.487 e. The van der Waals surface area contributed by atoms with Crippen LogP contribution in [0.5, 0.6) is 5.75 Å². The molecule has 1 unspecified atom stereocenters. The zero-order valence-electron chi connectivity index (χ0n) is 24.4. The van der Waals surface area contributed by atoms with Crippen LogP contribution in [0.4, 0.5) is 4.79 Å². The highest BCUT2D eigenvalue weighted by Gasteiger charge is 2.52. The maximum Gasteiger partial charge on any atom is 0.408 e. The Morgan fingerprint density at radius 1 is 1.18 bits per heavy atom. The lowest BCUT2D eigenvalue weighted by atomic mass is 9.70. The van der Waals surface area contributed by atoms with Crippen molar-refractivity contribution in [3.05, 3.63) is 28.8 Å². The van der Waals surface area contributed by atoms with Gasteiger partial charge in [-0.2, -0.15) is 0 Å². The third-order valence-electron chi connectivity index (χ3n) is 8.69. The first-order valence-corrected chi connectivity index (χ1v) is 14.8. The second-order valence-corrected chi connectivity index (χ2v) is 13.7. The molecular formula is C30H42ClN3O6. The first kappa shape index (κ1) is 29.0. The Morgan fingerprint density at radius 3 is 2.65 bits per heavy atom. The smallest absolute Gasteiger partial charge is 0.408 e. The fraction of sp³-hybridized carbons (Fsp3) is 0.700. The molecule has 0 saturated carbocycles. The molecule has 40 heavy (non-hydrogen) atoms. The van der Waals surface area contributed by atoms with Crippen molar-refractivity contribution in [1.29, 1.82) is 0 Å². The van der Waals surface area contributed by atoms with Crippen molar-refractivity contribution >= 4 is 29.5 Å². The third kappa shape index (κ3) is 5.77. The standard InChI is InChI=1S/C30H42ClN3O6/c1-17(32-28(37)40-29(2,3)4)26(35)34-12-7-8-22(34)27(36)33-13-11-23-18(16-33)14-21-25(38-23)20-15-19(31)9-10-24(20)39-30(21,5)6/h9-10,15,17-18,21-23,25H,7-8,11-14,16H2,1-6H3,(H,32,37)/t17?,18-,21+,22-,23+,25-/m0/s1. The van der Waals surface area contributed by atoms with E-state index < -0.39 is 29.4 Å². The summed E-state index contributed by atoms with van der Waals surface area (Å²) in [7, 11) is 0. The van der Waals surface area contributed by atoms with Gasteiger partial charge in [0.15, 0.2) is 0 Å². The number of nitrogens with one attached hydrogen (secondary N) is 1. The molecule has 1 aromatic carbocycles. The van der Waals surface area contributed by atoms with E-state index in [2.05, 4.69) is 19.2 Å². The number of ether oxygens (including phenoxy) is 3. The van der Waals surface area contributed by atoms with E-state index in [1.54, 1.807) is 32.6 Å². The van der Waals surface area contributed by atoms with Crippen LogP contribution in [0.25, 0.3) is 0 Å². The van der Waals surface area contributed by atoms with Crippen LogP contribution in [0.2, 0.25) is 5.02 Å². The molecule has 4 aliphatic rings. The highest BCUT2D eigenvalue weighted by atomic mass is 35.5. The summed E-state index contributed by atoms with van der Waals surface area (Å²) in [4.78, 5) is 42.8. The summed E-state index contributed by atoms with van der Waals surface area (Å²) in [6.07, 6.45) is 2.30. The van der Waals surface area contributed by atoms with Gasteiger partial charge in [0.05, 0.1) is 12.2 Å². The SMILES string of the molecule is CC(NC(=O)OC(C)(C)C)C(=O)N1CCC[C@H]1C(=O)N1CC[C@H]2O[C@H]3c4cc(Cl)ccc4OC(C)(C)[C@@H]3C[C@H]2C1. The number of nitrogens with zero attached hydrogens (tertiary/aromatic N) is 2. The number of halogens is 1. The lowest BCUT2D eigenvalue weighted by Crippen LogP contribution is -2.58. The molecule has 4 aliphatic heterocycles. The summed E-state index contributed by atoms with van der Waals surface area (Å²) in [5.41, 5.74) is -0.0825. The first-order chi connectivity index (χ1) is 18.7. The first-order valence-electron chi connectivity index (χ1n) is 14.5. The van der Waals surface area contributed by atoms with Crippen molar-refractivity contribution in [2.24, 2.45) is 11.8 Å². The number of rotatable bonds is 3. The van der Waals surface area contributed by atoms with E-state index in [4.69, 9.17) is 25.8 Å². The van der Waals surface area contributed by atoms with Gasteiger partial charge in [0.2, 0.25) is 11.8 Å². The van der Waals surface area contributed by atoms with Gasteiger partial charge in [-0.25, -0.2) is 4.79 Å². The number of likely N-dealkylation sites (tertiary alicyclic amines) is 2. The van der Waals surface area contributed by atoms with E-state index in [1.165, 1.54) is 0 Å². The number of amides is 3. The zero-order valence-corrected chi connectivity index (χ0v) is 25.1. The lowest BCUT2D eigenvalue weighted by molar-refractivity contribution is -0.189. The minimum atomic E-state index is -0.789. The van der Waals surface area contributed by atoms with E-state index >= 15 is 0 Å². The Morgan fingerprint density at radius 2 is 1.93 bits per heavy atom. The van der Waals surface area contributed by atoms with E-state index in [0.29, 0.717) is 31.1 Å². The second kappa shape index (κ2) is 10.7. The summed E-state index contributed by atoms with van der Waals surface area (Å²) in [5, 5.41) is 3.29. The van der Waals surface area contributed by atoms with E-state index in [-0.39, 0.29) is 35.9 Å². The van der Waals surface area contributed by atoms with E-state index in [1.807, 2.05) is 23.1 Å². The van der Waals surface area contributed by atoms with Gasteiger partial charge in [0, 0.05) is 42.1 Å². The molecule has 0 aliphatic carbocycles. The second-order valence-electron chi connectivity index (χ2n) is 13.2. The monoisotopic (exact) mass is 575 g/mol. The molecule has 10 heteroatoms. The molecule has 9 nitrogen and oxygen atoms in total. The number of fused-ring (bicyclic) bond motifs is 4. The number of piperidine rings is 1. The molecule has 1 N–H and O–H groups in total. The summed E-state index contributed by atoms with van der Waals surface area (Å²) in [5.74, 6) is 0.842.